The maximum atomic E-state index is 12.5. The van der Waals surface area contributed by atoms with Gasteiger partial charge < -0.3 is 15.0 Å². The van der Waals surface area contributed by atoms with Crippen molar-refractivity contribution in [1.29, 1.82) is 0 Å². The Bertz CT molecular complexity index is 856. The molecule has 3 rings (SSSR count). The predicted molar refractivity (Wildman–Crippen MR) is 110 cm³/mol. The molecule has 0 radical (unpaired) electrons. The summed E-state index contributed by atoms with van der Waals surface area (Å²) in [4.78, 5) is 32.7. The molecular formula is C21H27N3O3S. The van der Waals surface area contributed by atoms with Crippen LogP contribution in [0, 0.1) is 26.7 Å². The Morgan fingerprint density at radius 3 is 2.57 bits per heavy atom. The second-order valence-electron chi connectivity index (χ2n) is 7.38. The number of carbonyl (C=O) groups is 2. The van der Waals surface area contributed by atoms with Crippen molar-refractivity contribution < 1.29 is 14.3 Å². The average molecular weight is 402 g/mol. The van der Waals surface area contributed by atoms with E-state index in [0.29, 0.717) is 24.8 Å². The van der Waals surface area contributed by atoms with Crippen molar-refractivity contribution in [2.75, 3.05) is 13.1 Å². The van der Waals surface area contributed by atoms with Gasteiger partial charge in [-0.15, -0.1) is 11.3 Å². The zero-order chi connectivity index (χ0) is 20.3. The fourth-order valence-electron chi connectivity index (χ4n) is 3.42. The Labute approximate surface area is 169 Å². The number of hydrogen-bond acceptors (Lipinski definition) is 5. The third-order valence-corrected chi connectivity index (χ3v) is 6.43. The molecule has 0 spiro atoms. The summed E-state index contributed by atoms with van der Waals surface area (Å²) in [5.41, 5.74) is 1.74. The van der Waals surface area contributed by atoms with Crippen LogP contribution in [0.15, 0.2) is 24.4 Å². The van der Waals surface area contributed by atoms with Crippen molar-refractivity contribution in [3.63, 3.8) is 0 Å². The molecule has 28 heavy (non-hydrogen) atoms. The first kappa shape index (κ1) is 20.3. The number of ether oxygens (including phenoxy) is 1. The minimum atomic E-state index is -0.321. The topological polar surface area (TPSA) is 71.5 Å². The number of nitrogens with zero attached hydrogens (tertiary/aromatic N) is 2. The zero-order valence-corrected chi connectivity index (χ0v) is 17.6. The van der Waals surface area contributed by atoms with E-state index in [1.807, 2.05) is 39.8 Å². The van der Waals surface area contributed by atoms with E-state index in [-0.39, 0.29) is 18.0 Å². The van der Waals surface area contributed by atoms with E-state index >= 15 is 0 Å². The van der Waals surface area contributed by atoms with Gasteiger partial charge >= 0.3 is 6.09 Å². The first-order valence-electron chi connectivity index (χ1n) is 9.61. The molecule has 1 fully saturated rings. The van der Waals surface area contributed by atoms with Crippen LogP contribution >= 0.6 is 11.3 Å². The van der Waals surface area contributed by atoms with Crippen LogP contribution in [-0.2, 0) is 0 Å². The van der Waals surface area contributed by atoms with Crippen molar-refractivity contribution in [2.45, 2.75) is 46.6 Å². The molecule has 1 atom stereocenters. The fraction of sp³-hybridized carbons (Fsp3) is 0.476. The normalized spacial score (nSPS) is 15.9. The summed E-state index contributed by atoms with van der Waals surface area (Å²) >= 11 is 1.51. The standard InChI is InChI=1S/C21H27N3O3S/c1-13-5-6-19(28-13)20(25)23-16(4)17-8-11-24(12-9-17)21(26)27-18-7-10-22-15(3)14(18)2/h5-7,10,16-17H,8-9,11-12H2,1-4H3,(H,23,25)/t16-/m1/s1. The minimum absolute atomic E-state index is 0.0176. The van der Waals surface area contributed by atoms with Crippen LogP contribution in [0.3, 0.4) is 0 Å². The number of carbonyl (C=O) groups excluding carboxylic acids is 2. The summed E-state index contributed by atoms with van der Waals surface area (Å²) in [6.07, 6.45) is 3.01. The fourth-order valence-corrected chi connectivity index (χ4v) is 4.19. The van der Waals surface area contributed by atoms with Gasteiger partial charge in [-0.1, -0.05) is 0 Å². The molecule has 2 amide bonds. The lowest BCUT2D eigenvalue weighted by Gasteiger charge is -2.34. The second kappa shape index (κ2) is 8.73. The van der Waals surface area contributed by atoms with E-state index in [0.717, 1.165) is 33.9 Å². The number of aromatic nitrogens is 1. The molecule has 3 heterocycles. The smallest absolute Gasteiger partial charge is 0.410 e. The van der Waals surface area contributed by atoms with Gasteiger partial charge in [0, 0.05) is 41.5 Å². The molecule has 0 unspecified atom stereocenters. The third-order valence-electron chi connectivity index (χ3n) is 5.43. The molecule has 0 aliphatic carbocycles. The van der Waals surface area contributed by atoms with Crippen molar-refractivity contribution in [2.24, 2.45) is 5.92 Å². The highest BCUT2D eigenvalue weighted by molar-refractivity contribution is 7.13. The van der Waals surface area contributed by atoms with Gasteiger partial charge in [0.2, 0.25) is 0 Å². The maximum Gasteiger partial charge on any atom is 0.415 e. The molecule has 1 saturated heterocycles. The van der Waals surface area contributed by atoms with Crippen LogP contribution in [0.5, 0.6) is 5.75 Å². The van der Waals surface area contributed by atoms with Gasteiger partial charge in [0.15, 0.2) is 0 Å². The van der Waals surface area contributed by atoms with Crippen molar-refractivity contribution >= 4 is 23.3 Å². The summed E-state index contributed by atoms with van der Waals surface area (Å²) < 4.78 is 5.56. The Morgan fingerprint density at radius 2 is 1.93 bits per heavy atom. The lowest BCUT2D eigenvalue weighted by molar-refractivity contribution is 0.0899. The molecular weight excluding hydrogens is 374 g/mol. The number of piperidine rings is 1. The molecule has 2 aromatic heterocycles. The number of thiophene rings is 1. The van der Waals surface area contributed by atoms with Crippen LogP contribution in [0.2, 0.25) is 0 Å². The molecule has 1 N–H and O–H groups in total. The summed E-state index contributed by atoms with van der Waals surface area (Å²) in [7, 11) is 0. The minimum Gasteiger partial charge on any atom is -0.410 e. The van der Waals surface area contributed by atoms with Crippen molar-refractivity contribution in [3.8, 4) is 5.75 Å². The van der Waals surface area contributed by atoms with Crippen LogP contribution in [0.1, 0.15) is 45.6 Å². The molecule has 7 heteroatoms. The largest absolute Gasteiger partial charge is 0.415 e. The van der Waals surface area contributed by atoms with Crippen molar-refractivity contribution in [1.82, 2.24) is 15.2 Å². The maximum absolute atomic E-state index is 12.5. The number of hydrogen-bond donors (Lipinski definition) is 1. The SMILES string of the molecule is Cc1ccc(C(=O)N[C@H](C)C2CCN(C(=O)Oc3ccnc(C)c3C)CC2)s1. The number of aryl methyl sites for hydroxylation is 2. The van der Waals surface area contributed by atoms with E-state index < -0.39 is 0 Å². The number of amides is 2. The van der Waals surface area contributed by atoms with Crippen LogP contribution in [0.25, 0.3) is 0 Å². The lowest BCUT2D eigenvalue weighted by atomic mass is 9.90. The number of rotatable bonds is 4. The van der Waals surface area contributed by atoms with Gasteiger partial charge in [0.05, 0.1) is 4.88 Å². The molecule has 0 saturated carbocycles. The highest BCUT2D eigenvalue weighted by Crippen LogP contribution is 2.24. The van der Waals surface area contributed by atoms with Gasteiger partial charge in [-0.25, -0.2) is 4.79 Å². The van der Waals surface area contributed by atoms with Crippen molar-refractivity contribution in [3.05, 3.63) is 45.4 Å². The van der Waals surface area contributed by atoms with Crippen LogP contribution < -0.4 is 10.1 Å². The molecule has 6 nitrogen and oxygen atoms in total. The van der Waals surface area contributed by atoms with E-state index in [1.54, 1.807) is 17.2 Å². The number of pyridine rings is 1. The summed E-state index contributed by atoms with van der Waals surface area (Å²) in [5.74, 6) is 0.890. The van der Waals surface area contributed by atoms with Gasteiger partial charge in [-0.05, 0) is 64.7 Å². The monoisotopic (exact) mass is 401 g/mol. The molecule has 2 aromatic rings. The van der Waals surface area contributed by atoms with Gasteiger partial charge in [0.25, 0.3) is 5.91 Å². The highest BCUT2D eigenvalue weighted by Gasteiger charge is 2.28. The quantitative estimate of drug-likeness (QED) is 0.837. The molecule has 1 aliphatic rings. The van der Waals surface area contributed by atoms with E-state index in [9.17, 15) is 9.59 Å². The zero-order valence-electron chi connectivity index (χ0n) is 16.8. The van der Waals surface area contributed by atoms with E-state index in [1.165, 1.54) is 11.3 Å². The van der Waals surface area contributed by atoms with Gasteiger partial charge in [-0.3, -0.25) is 9.78 Å². The molecule has 0 bridgehead atoms. The summed E-state index contributed by atoms with van der Waals surface area (Å²) in [5, 5.41) is 3.11. The Kier molecular flexibility index (Phi) is 6.34. The van der Waals surface area contributed by atoms with Gasteiger partial charge in [-0.2, -0.15) is 0 Å². The molecule has 1 aliphatic heterocycles. The second-order valence-corrected chi connectivity index (χ2v) is 8.67. The lowest BCUT2D eigenvalue weighted by Crippen LogP contribution is -2.46. The molecule has 150 valence electrons. The first-order valence-corrected chi connectivity index (χ1v) is 10.4. The van der Waals surface area contributed by atoms with Crippen LogP contribution in [-0.4, -0.2) is 41.0 Å². The van der Waals surface area contributed by atoms with Gasteiger partial charge in [0.1, 0.15) is 5.75 Å². The van der Waals surface area contributed by atoms with E-state index in [4.69, 9.17) is 4.74 Å². The highest BCUT2D eigenvalue weighted by atomic mass is 32.1. The third kappa shape index (κ3) is 4.70. The summed E-state index contributed by atoms with van der Waals surface area (Å²) in [6.45, 7) is 9.09. The first-order chi connectivity index (χ1) is 13.3. The number of nitrogens with one attached hydrogen (secondary N) is 1. The van der Waals surface area contributed by atoms with E-state index in [2.05, 4.69) is 10.3 Å². The summed E-state index contributed by atoms with van der Waals surface area (Å²) in [6, 6.07) is 5.61. The molecule has 0 aromatic carbocycles. The number of likely N-dealkylation sites (tertiary alicyclic amines) is 1. The van der Waals surface area contributed by atoms with Crippen LogP contribution in [0.4, 0.5) is 4.79 Å². The Balaban J connectivity index is 1.50. The Morgan fingerprint density at radius 1 is 1.21 bits per heavy atom. The average Bonchev–Trinajstić information content (AvgIpc) is 3.12. The predicted octanol–water partition coefficient (Wildman–Crippen LogP) is 4.10. The Hall–Kier alpha value is -2.41.